The molecule has 0 saturated carbocycles. The Morgan fingerprint density at radius 1 is 1.26 bits per heavy atom. The first kappa shape index (κ1) is 18.2. The predicted molar refractivity (Wildman–Crippen MR) is 102 cm³/mol. The summed E-state index contributed by atoms with van der Waals surface area (Å²) in [6.07, 6.45) is 11.6. The molecule has 1 amide bonds. The summed E-state index contributed by atoms with van der Waals surface area (Å²) in [4.78, 5) is 18.7. The Bertz CT molecular complexity index is 751. The maximum absolute atomic E-state index is 12.6. The summed E-state index contributed by atoms with van der Waals surface area (Å²) in [6.45, 7) is 2.17. The Morgan fingerprint density at radius 2 is 2.11 bits per heavy atom. The number of hydrogen-bond acceptors (Lipinski definition) is 4. The molecule has 2 aromatic rings. The van der Waals surface area contributed by atoms with Crippen LogP contribution in [0.3, 0.4) is 0 Å². The summed E-state index contributed by atoms with van der Waals surface area (Å²) in [7, 11) is 0. The second kappa shape index (κ2) is 8.65. The zero-order chi connectivity index (χ0) is 18.5. The average molecular weight is 368 g/mol. The zero-order valence-electron chi connectivity index (χ0n) is 15.8. The van der Waals surface area contributed by atoms with Crippen molar-refractivity contribution in [1.29, 1.82) is 0 Å². The fourth-order valence-corrected chi connectivity index (χ4v) is 4.11. The van der Waals surface area contributed by atoms with Gasteiger partial charge in [-0.2, -0.15) is 5.10 Å². The van der Waals surface area contributed by atoms with Gasteiger partial charge in [0.25, 0.3) is 0 Å². The molecule has 1 aliphatic carbocycles. The maximum atomic E-state index is 12.6. The fraction of sp³-hybridized carbons (Fsp3) is 0.571. The van der Waals surface area contributed by atoms with Crippen LogP contribution in [0.25, 0.3) is 0 Å². The highest BCUT2D eigenvalue weighted by Gasteiger charge is 2.24. The van der Waals surface area contributed by atoms with Crippen LogP contribution >= 0.6 is 0 Å². The van der Waals surface area contributed by atoms with Crippen LogP contribution in [-0.2, 0) is 35.4 Å². The number of H-pyrrole nitrogens is 1. The number of pyridine rings is 1. The minimum atomic E-state index is 0.229. The second-order valence-corrected chi connectivity index (χ2v) is 7.59. The van der Waals surface area contributed by atoms with Crippen LogP contribution in [0.5, 0.6) is 0 Å². The zero-order valence-corrected chi connectivity index (χ0v) is 15.8. The molecular formula is C21H28N4O2. The number of amides is 1. The number of hydrogen-bond donors (Lipinski definition) is 1. The van der Waals surface area contributed by atoms with Crippen molar-refractivity contribution in [3.8, 4) is 0 Å². The smallest absolute Gasteiger partial charge is 0.222 e. The Kier molecular flexibility index (Phi) is 5.82. The van der Waals surface area contributed by atoms with Crippen molar-refractivity contribution in [1.82, 2.24) is 20.1 Å². The monoisotopic (exact) mass is 368 g/mol. The quantitative estimate of drug-likeness (QED) is 0.851. The predicted octanol–water partition coefficient (Wildman–Crippen LogP) is 2.82. The Balaban J connectivity index is 1.20. The molecule has 144 valence electrons. The van der Waals surface area contributed by atoms with E-state index >= 15 is 0 Å². The molecule has 1 aliphatic heterocycles. The molecule has 0 radical (unpaired) electrons. The van der Waals surface area contributed by atoms with Gasteiger partial charge in [-0.05, 0) is 55.7 Å². The number of aromatic nitrogens is 3. The van der Waals surface area contributed by atoms with Crippen LogP contribution in [0.2, 0.25) is 0 Å². The average Bonchev–Trinajstić information content (AvgIpc) is 3.15. The number of fused-ring (bicyclic) bond motifs is 1. The second-order valence-electron chi connectivity index (χ2n) is 7.59. The molecular weight excluding hydrogens is 340 g/mol. The third-order valence-corrected chi connectivity index (χ3v) is 5.72. The Morgan fingerprint density at radius 3 is 2.93 bits per heavy atom. The topological polar surface area (TPSA) is 71.1 Å². The van der Waals surface area contributed by atoms with E-state index in [4.69, 9.17) is 4.74 Å². The molecule has 2 aliphatic rings. The lowest BCUT2D eigenvalue weighted by atomic mass is 9.94. The minimum Gasteiger partial charge on any atom is -0.373 e. The van der Waals surface area contributed by atoms with E-state index in [0.717, 1.165) is 56.5 Å². The number of rotatable bonds is 6. The van der Waals surface area contributed by atoms with Crippen LogP contribution < -0.4 is 0 Å². The molecule has 1 fully saturated rings. The first-order valence-electron chi connectivity index (χ1n) is 10.1. The highest BCUT2D eigenvalue weighted by atomic mass is 16.5. The number of nitrogens with one attached hydrogen (secondary N) is 1. The van der Waals surface area contributed by atoms with Gasteiger partial charge in [0.1, 0.15) is 0 Å². The van der Waals surface area contributed by atoms with Crippen molar-refractivity contribution in [3.63, 3.8) is 0 Å². The molecule has 0 spiro atoms. The molecule has 0 bridgehead atoms. The Labute approximate surface area is 160 Å². The lowest BCUT2D eigenvalue weighted by molar-refractivity contribution is -0.134. The highest BCUT2D eigenvalue weighted by molar-refractivity contribution is 5.76. The number of piperidine rings is 1. The Hall–Kier alpha value is -2.21. The van der Waals surface area contributed by atoms with Gasteiger partial charge in [-0.3, -0.25) is 14.9 Å². The van der Waals surface area contributed by atoms with Gasteiger partial charge in [0.2, 0.25) is 5.91 Å². The lowest BCUT2D eigenvalue weighted by Crippen LogP contribution is -2.41. The van der Waals surface area contributed by atoms with Crippen molar-refractivity contribution in [2.24, 2.45) is 0 Å². The number of aryl methyl sites for hydroxylation is 2. The molecule has 0 unspecified atom stereocenters. The van der Waals surface area contributed by atoms with Crippen LogP contribution in [0, 0.1) is 0 Å². The number of nitrogens with zero attached hydrogens (tertiary/aromatic N) is 3. The largest absolute Gasteiger partial charge is 0.373 e. The molecule has 6 nitrogen and oxygen atoms in total. The molecule has 0 aromatic carbocycles. The van der Waals surface area contributed by atoms with E-state index in [1.165, 1.54) is 24.1 Å². The van der Waals surface area contributed by atoms with Gasteiger partial charge in [-0.1, -0.05) is 6.07 Å². The van der Waals surface area contributed by atoms with Crippen molar-refractivity contribution in [2.45, 2.75) is 64.1 Å². The summed E-state index contributed by atoms with van der Waals surface area (Å²) in [5, 5.41) is 7.63. The van der Waals surface area contributed by atoms with Gasteiger partial charge in [-0.25, -0.2) is 0 Å². The minimum absolute atomic E-state index is 0.229. The standard InChI is InChI=1S/C21H28N4O2/c26-21(8-7-20-18-5-1-2-6-19(18)23-24-20)25-12-9-17(10-13-25)27-15-16-4-3-11-22-14-16/h3-4,11,14,17H,1-2,5-10,12-13,15H2,(H,23,24). The van der Waals surface area contributed by atoms with Gasteiger partial charge < -0.3 is 9.64 Å². The fourth-order valence-electron chi connectivity index (χ4n) is 4.11. The van der Waals surface area contributed by atoms with E-state index in [0.29, 0.717) is 13.0 Å². The summed E-state index contributed by atoms with van der Waals surface area (Å²) >= 11 is 0. The van der Waals surface area contributed by atoms with Gasteiger partial charge in [0, 0.05) is 44.0 Å². The molecule has 3 heterocycles. The van der Waals surface area contributed by atoms with Crippen molar-refractivity contribution >= 4 is 5.91 Å². The summed E-state index contributed by atoms with van der Waals surface area (Å²) in [5.41, 5.74) is 4.86. The van der Waals surface area contributed by atoms with Crippen LogP contribution in [0.4, 0.5) is 0 Å². The normalized spacial score (nSPS) is 17.7. The van der Waals surface area contributed by atoms with E-state index in [1.54, 1.807) is 6.20 Å². The van der Waals surface area contributed by atoms with Crippen LogP contribution in [0.15, 0.2) is 24.5 Å². The van der Waals surface area contributed by atoms with Gasteiger partial charge >= 0.3 is 0 Å². The third-order valence-electron chi connectivity index (χ3n) is 5.72. The first-order chi connectivity index (χ1) is 13.3. The first-order valence-corrected chi connectivity index (χ1v) is 10.1. The number of aromatic amines is 1. The summed E-state index contributed by atoms with van der Waals surface area (Å²) in [5.74, 6) is 0.244. The molecule has 27 heavy (non-hydrogen) atoms. The molecule has 1 saturated heterocycles. The number of ether oxygens (including phenoxy) is 1. The van der Waals surface area contributed by atoms with E-state index < -0.39 is 0 Å². The molecule has 1 N–H and O–H groups in total. The SMILES string of the molecule is O=C(CCc1n[nH]c2c1CCCC2)N1CCC(OCc2cccnc2)CC1. The number of likely N-dealkylation sites (tertiary alicyclic amines) is 1. The van der Waals surface area contributed by atoms with Gasteiger partial charge in [0.05, 0.1) is 18.4 Å². The van der Waals surface area contributed by atoms with E-state index in [2.05, 4.69) is 15.2 Å². The molecule has 4 rings (SSSR count). The van der Waals surface area contributed by atoms with E-state index in [1.807, 2.05) is 23.2 Å². The van der Waals surface area contributed by atoms with Gasteiger partial charge in [0.15, 0.2) is 0 Å². The highest BCUT2D eigenvalue weighted by Crippen LogP contribution is 2.23. The van der Waals surface area contributed by atoms with E-state index in [-0.39, 0.29) is 12.0 Å². The van der Waals surface area contributed by atoms with E-state index in [9.17, 15) is 4.79 Å². The maximum Gasteiger partial charge on any atom is 0.222 e. The van der Waals surface area contributed by atoms with Crippen LogP contribution in [0.1, 0.15) is 54.6 Å². The number of carbonyl (C=O) groups excluding carboxylic acids is 1. The van der Waals surface area contributed by atoms with Crippen molar-refractivity contribution in [3.05, 3.63) is 47.0 Å². The summed E-state index contributed by atoms with van der Waals surface area (Å²) in [6, 6.07) is 3.95. The van der Waals surface area contributed by atoms with Crippen molar-refractivity contribution < 1.29 is 9.53 Å². The number of carbonyl (C=O) groups is 1. The van der Waals surface area contributed by atoms with Crippen molar-refractivity contribution in [2.75, 3.05) is 13.1 Å². The molecule has 2 aromatic heterocycles. The summed E-state index contributed by atoms with van der Waals surface area (Å²) < 4.78 is 5.99. The molecule has 0 atom stereocenters. The van der Waals surface area contributed by atoms with Crippen LogP contribution in [-0.4, -0.2) is 45.2 Å². The molecule has 6 heteroatoms. The van der Waals surface area contributed by atoms with Gasteiger partial charge in [-0.15, -0.1) is 0 Å². The lowest BCUT2D eigenvalue weighted by Gasteiger charge is -2.32. The third kappa shape index (κ3) is 4.56.